The molecular formula is C14H23N3. The van der Waals surface area contributed by atoms with Crippen LogP contribution in [0.3, 0.4) is 0 Å². The molecule has 1 aromatic rings. The SMILES string of the molecule is CCNc1ccnc(CN2CCCCC2C)c1. The highest BCUT2D eigenvalue weighted by molar-refractivity contribution is 5.42. The molecule has 2 rings (SSSR count). The number of aromatic nitrogens is 1. The van der Waals surface area contributed by atoms with Gasteiger partial charge in [-0.05, 0) is 45.4 Å². The lowest BCUT2D eigenvalue weighted by atomic mass is 10.0. The second-order valence-corrected chi connectivity index (χ2v) is 4.88. The molecule has 1 aliphatic rings. The molecule has 0 radical (unpaired) electrons. The third kappa shape index (κ3) is 3.43. The van der Waals surface area contributed by atoms with E-state index in [1.54, 1.807) is 0 Å². The van der Waals surface area contributed by atoms with Crippen molar-refractivity contribution in [2.75, 3.05) is 18.4 Å². The van der Waals surface area contributed by atoms with E-state index in [4.69, 9.17) is 0 Å². The van der Waals surface area contributed by atoms with Gasteiger partial charge in [-0.3, -0.25) is 9.88 Å². The van der Waals surface area contributed by atoms with Crippen LogP contribution in [0, 0.1) is 0 Å². The summed E-state index contributed by atoms with van der Waals surface area (Å²) in [6, 6.07) is 4.91. The first-order valence-corrected chi connectivity index (χ1v) is 6.72. The highest BCUT2D eigenvalue weighted by atomic mass is 15.2. The van der Waals surface area contributed by atoms with Gasteiger partial charge in [0.1, 0.15) is 0 Å². The molecule has 17 heavy (non-hydrogen) atoms. The Morgan fingerprint density at radius 2 is 2.35 bits per heavy atom. The number of hydrogen-bond donors (Lipinski definition) is 1. The van der Waals surface area contributed by atoms with E-state index in [0.29, 0.717) is 6.04 Å². The van der Waals surface area contributed by atoms with Gasteiger partial charge in [0.25, 0.3) is 0 Å². The Bertz CT molecular complexity index is 351. The Kier molecular flexibility index (Phi) is 4.37. The van der Waals surface area contributed by atoms with Gasteiger partial charge >= 0.3 is 0 Å². The molecule has 0 bridgehead atoms. The van der Waals surface area contributed by atoms with Gasteiger partial charge in [0.2, 0.25) is 0 Å². The standard InChI is InChI=1S/C14H23N3/c1-3-15-13-7-8-16-14(10-13)11-17-9-5-4-6-12(17)2/h7-8,10,12H,3-6,9,11H2,1-2H3,(H,15,16). The Labute approximate surface area is 104 Å². The van der Waals surface area contributed by atoms with Crippen LogP contribution < -0.4 is 5.32 Å². The van der Waals surface area contributed by atoms with E-state index in [0.717, 1.165) is 13.1 Å². The maximum atomic E-state index is 4.47. The Hall–Kier alpha value is -1.09. The third-order valence-corrected chi connectivity index (χ3v) is 3.50. The van der Waals surface area contributed by atoms with Crippen LogP contribution in [0.4, 0.5) is 5.69 Å². The average molecular weight is 233 g/mol. The van der Waals surface area contributed by atoms with E-state index in [-0.39, 0.29) is 0 Å². The number of nitrogens with one attached hydrogen (secondary N) is 1. The third-order valence-electron chi connectivity index (χ3n) is 3.50. The Morgan fingerprint density at radius 1 is 1.47 bits per heavy atom. The first-order valence-electron chi connectivity index (χ1n) is 6.72. The van der Waals surface area contributed by atoms with Crippen molar-refractivity contribution < 1.29 is 0 Å². The zero-order chi connectivity index (χ0) is 12.1. The second kappa shape index (κ2) is 6.01. The molecule has 1 aromatic heterocycles. The summed E-state index contributed by atoms with van der Waals surface area (Å²) in [6.45, 7) is 7.61. The van der Waals surface area contributed by atoms with Crippen LogP contribution in [-0.4, -0.2) is 29.0 Å². The minimum absolute atomic E-state index is 0.702. The molecule has 0 aromatic carbocycles. The molecule has 0 aliphatic carbocycles. The molecule has 94 valence electrons. The minimum Gasteiger partial charge on any atom is -0.385 e. The van der Waals surface area contributed by atoms with E-state index in [1.807, 2.05) is 12.3 Å². The molecule has 0 amide bonds. The zero-order valence-corrected chi connectivity index (χ0v) is 10.9. The van der Waals surface area contributed by atoms with Gasteiger partial charge in [0.05, 0.1) is 5.69 Å². The van der Waals surface area contributed by atoms with Crippen LogP contribution in [0.15, 0.2) is 18.3 Å². The van der Waals surface area contributed by atoms with Crippen LogP contribution in [0.1, 0.15) is 38.8 Å². The number of hydrogen-bond acceptors (Lipinski definition) is 3. The number of rotatable bonds is 4. The summed E-state index contributed by atoms with van der Waals surface area (Å²) in [5.41, 5.74) is 2.36. The average Bonchev–Trinajstić information content (AvgIpc) is 2.33. The van der Waals surface area contributed by atoms with Crippen molar-refractivity contribution in [3.05, 3.63) is 24.0 Å². The maximum absolute atomic E-state index is 4.47. The lowest BCUT2D eigenvalue weighted by Gasteiger charge is -2.33. The van der Waals surface area contributed by atoms with E-state index in [1.165, 1.54) is 37.2 Å². The predicted octanol–water partition coefficient (Wildman–Crippen LogP) is 2.89. The number of piperidine rings is 1. The van der Waals surface area contributed by atoms with E-state index in [2.05, 4.69) is 35.1 Å². The fraction of sp³-hybridized carbons (Fsp3) is 0.643. The van der Waals surface area contributed by atoms with Gasteiger partial charge in [-0.1, -0.05) is 6.42 Å². The minimum atomic E-state index is 0.702. The molecule has 1 aliphatic heterocycles. The zero-order valence-electron chi connectivity index (χ0n) is 10.9. The first kappa shape index (κ1) is 12.4. The molecule has 1 fully saturated rings. The van der Waals surface area contributed by atoms with Gasteiger partial charge in [0.15, 0.2) is 0 Å². The highest BCUT2D eigenvalue weighted by Crippen LogP contribution is 2.19. The maximum Gasteiger partial charge on any atom is 0.0564 e. The predicted molar refractivity (Wildman–Crippen MR) is 72.1 cm³/mol. The summed E-state index contributed by atoms with van der Waals surface area (Å²) in [5, 5.41) is 3.34. The van der Waals surface area contributed by atoms with Crippen LogP contribution >= 0.6 is 0 Å². The summed E-state index contributed by atoms with van der Waals surface area (Å²) < 4.78 is 0. The molecule has 1 saturated heterocycles. The summed E-state index contributed by atoms with van der Waals surface area (Å²) in [5.74, 6) is 0. The van der Waals surface area contributed by atoms with Crippen molar-refractivity contribution in [3.8, 4) is 0 Å². The lowest BCUT2D eigenvalue weighted by molar-refractivity contribution is 0.151. The molecule has 1 unspecified atom stereocenters. The van der Waals surface area contributed by atoms with E-state index >= 15 is 0 Å². The smallest absolute Gasteiger partial charge is 0.0564 e. The number of likely N-dealkylation sites (tertiary alicyclic amines) is 1. The summed E-state index contributed by atoms with van der Waals surface area (Å²) in [7, 11) is 0. The Morgan fingerprint density at radius 3 is 3.12 bits per heavy atom. The quantitative estimate of drug-likeness (QED) is 0.866. The van der Waals surface area contributed by atoms with Crippen molar-refractivity contribution in [2.45, 2.75) is 45.7 Å². The fourth-order valence-corrected chi connectivity index (χ4v) is 2.48. The number of anilines is 1. The topological polar surface area (TPSA) is 28.2 Å². The van der Waals surface area contributed by atoms with Crippen molar-refractivity contribution in [1.29, 1.82) is 0 Å². The van der Waals surface area contributed by atoms with E-state index < -0.39 is 0 Å². The van der Waals surface area contributed by atoms with Crippen molar-refractivity contribution in [3.63, 3.8) is 0 Å². The van der Waals surface area contributed by atoms with Gasteiger partial charge < -0.3 is 5.32 Å². The molecule has 2 heterocycles. The van der Waals surface area contributed by atoms with Crippen molar-refractivity contribution in [2.24, 2.45) is 0 Å². The lowest BCUT2D eigenvalue weighted by Crippen LogP contribution is -2.36. The summed E-state index contributed by atoms with van der Waals surface area (Å²) in [4.78, 5) is 7.01. The first-order chi connectivity index (χ1) is 8.29. The second-order valence-electron chi connectivity index (χ2n) is 4.88. The van der Waals surface area contributed by atoms with Crippen LogP contribution in [-0.2, 0) is 6.54 Å². The van der Waals surface area contributed by atoms with E-state index in [9.17, 15) is 0 Å². The number of nitrogens with zero attached hydrogens (tertiary/aromatic N) is 2. The summed E-state index contributed by atoms with van der Waals surface area (Å²) in [6.07, 6.45) is 5.94. The molecule has 3 nitrogen and oxygen atoms in total. The highest BCUT2D eigenvalue weighted by Gasteiger charge is 2.18. The Balaban J connectivity index is 1.99. The monoisotopic (exact) mass is 233 g/mol. The van der Waals surface area contributed by atoms with Gasteiger partial charge in [0, 0.05) is 31.0 Å². The van der Waals surface area contributed by atoms with Gasteiger partial charge in [-0.15, -0.1) is 0 Å². The molecule has 0 saturated carbocycles. The normalized spacial score (nSPS) is 21.4. The van der Waals surface area contributed by atoms with Gasteiger partial charge in [-0.2, -0.15) is 0 Å². The molecule has 1 N–H and O–H groups in total. The largest absolute Gasteiger partial charge is 0.385 e. The van der Waals surface area contributed by atoms with Crippen LogP contribution in [0.2, 0.25) is 0 Å². The fourth-order valence-electron chi connectivity index (χ4n) is 2.48. The number of pyridine rings is 1. The molecular weight excluding hydrogens is 210 g/mol. The van der Waals surface area contributed by atoms with Crippen molar-refractivity contribution >= 4 is 5.69 Å². The molecule has 3 heteroatoms. The van der Waals surface area contributed by atoms with Crippen molar-refractivity contribution in [1.82, 2.24) is 9.88 Å². The van der Waals surface area contributed by atoms with Gasteiger partial charge in [-0.25, -0.2) is 0 Å². The summed E-state index contributed by atoms with van der Waals surface area (Å²) >= 11 is 0. The molecule has 1 atom stereocenters. The van der Waals surface area contributed by atoms with Crippen LogP contribution in [0.5, 0.6) is 0 Å². The van der Waals surface area contributed by atoms with Crippen LogP contribution in [0.25, 0.3) is 0 Å². The molecule has 0 spiro atoms.